The summed E-state index contributed by atoms with van der Waals surface area (Å²) in [4.78, 5) is 7.92. The lowest BCUT2D eigenvalue weighted by Gasteiger charge is -2.18. The predicted octanol–water partition coefficient (Wildman–Crippen LogP) is 3.12. The van der Waals surface area contributed by atoms with Crippen molar-refractivity contribution in [3.63, 3.8) is 0 Å². The van der Waals surface area contributed by atoms with E-state index < -0.39 is 0 Å². The molecule has 1 aliphatic heterocycles. The van der Waals surface area contributed by atoms with E-state index in [4.69, 9.17) is 11.6 Å². The first-order chi connectivity index (χ1) is 6.61. The molecule has 0 radical (unpaired) electrons. The highest BCUT2D eigenvalue weighted by Gasteiger charge is 2.30. The summed E-state index contributed by atoms with van der Waals surface area (Å²) in [5.74, 6) is 0.578. The number of hydrogen-bond donors (Lipinski definition) is 0. The van der Waals surface area contributed by atoms with Gasteiger partial charge in [0.1, 0.15) is 0 Å². The van der Waals surface area contributed by atoms with Gasteiger partial charge in [0.15, 0.2) is 5.13 Å². The van der Waals surface area contributed by atoms with E-state index in [1.807, 2.05) is 6.20 Å². The largest absolute Gasteiger partial charge is 0.348 e. The van der Waals surface area contributed by atoms with E-state index in [-0.39, 0.29) is 0 Å². The maximum Gasteiger partial charge on any atom is 0.185 e. The van der Waals surface area contributed by atoms with Gasteiger partial charge in [0.25, 0.3) is 0 Å². The van der Waals surface area contributed by atoms with Crippen LogP contribution in [0.2, 0.25) is 0 Å². The van der Waals surface area contributed by atoms with Crippen molar-refractivity contribution in [3.8, 4) is 0 Å². The number of aromatic nitrogens is 1. The number of halogens is 1. The molecule has 1 aromatic heterocycles. The van der Waals surface area contributed by atoms with Crippen LogP contribution >= 0.6 is 22.9 Å². The Kier molecular flexibility index (Phi) is 2.71. The van der Waals surface area contributed by atoms with Gasteiger partial charge < -0.3 is 4.90 Å². The van der Waals surface area contributed by atoms with Crippen molar-refractivity contribution in [1.82, 2.24) is 4.98 Å². The second-order valence-electron chi connectivity index (χ2n) is 4.58. The molecule has 1 saturated heterocycles. The van der Waals surface area contributed by atoms with Crippen molar-refractivity contribution in [2.45, 2.75) is 26.1 Å². The molecule has 0 atom stereocenters. The summed E-state index contributed by atoms with van der Waals surface area (Å²) in [7, 11) is 0. The average molecular weight is 231 g/mol. The summed E-state index contributed by atoms with van der Waals surface area (Å²) in [6.07, 6.45) is 3.14. The van der Waals surface area contributed by atoms with Crippen LogP contribution in [0.4, 0.5) is 5.13 Å². The molecule has 0 spiro atoms. The summed E-state index contributed by atoms with van der Waals surface area (Å²) >= 11 is 7.47. The fourth-order valence-corrected chi connectivity index (χ4v) is 2.80. The topological polar surface area (TPSA) is 16.1 Å². The number of thiazole rings is 1. The average Bonchev–Trinajstić information content (AvgIpc) is 2.70. The third-order valence-corrected chi connectivity index (χ3v) is 4.13. The molecule has 78 valence electrons. The summed E-state index contributed by atoms with van der Waals surface area (Å²) in [5.41, 5.74) is 0.437. The van der Waals surface area contributed by atoms with Crippen LogP contribution in [0.25, 0.3) is 0 Å². The zero-order valence-electron chi connectivity index (χ0n) is 8.59. The van der Waals surface area contributed by atoms with Gasteiger partial charge in [-0.2, -0.15) is 0 Å². The fourth-order valence-electron chi connectivity index (χ4n) is 1.78. The first-order valence-corrected chi connectivity index (χ1v) is 6.21. The summed E-state index contributed by atoms with van der Waals surface area (Å²) in [6.45, 7) is 6.86. The van der Waals surface area contributed by atoms with Crippen LogP contribution in [-0.2, 0) is 5.88 Å². The molecular formula is C10H15ClN2S. The smallest absolute Gasteiger partial charge is 0.185 e. The van der Waals surface area contributed by atoms with Crippen LogP contribution in [0.1, 0.15) is 25.1 Å². The maximum atomic E-state index is 5.75. The Morgan fingerprint density at radius 2 is 2.43 bits per heavy atom. The van der Waals surface area contributed by atoms with Gasteiger partial charge in [0.05, 0.1) is 5.88 Å². The molecule has 1 aromatic rings. The van der Waals surface area contributed by atoms with Crippen LogP contribution < -0.4 is 4.90 Å². The molecule has 0 aliphatic carbocycles. The summed E-state index contributed by atoms with van der Waals surface area (Å²) in [6, 6.07) is 0. The monoisotopic (exact) mass is 230 g/mol. The van der Waals surface area contributed by atoms with E-state index in [1.54, 1.807) is 11.3 Å². The minimum absolute atomic E-state index is 0.437. The van der Waals surface area contributed by atoms with Crippen molar-refractivity contribution in [3.05, 3.63) is 11.1 Å². The lowest BCUT2D eigenvalue weighted by atomic mass is 9.93. The standard InChI is InChI=1S/C10H15ClN2S/c1-10(2)3-4-13(7-10)9-12-6-8(5-11)14-9/h6H,3-5,7H2,1-2H3. The van der Waals surface area contributed by atoms with E-state index in [9.17, 15) is 0 Å². The van der Waals surface area contributed by atoms with E-state index in [0.717, 1.165) is 23.1 Å². The lowest BCUT2D eigenvalue weighted by Crippen LogP contribution is -2.22. The zero-order valence-corrected chi connectivity index (χ0v) is 10.2. The number of anilines is 1. The van der Waals surface area contributed by atoms with E-state index in [2.05, 4.69) is 23.7 Å². The van der Waals surface area contributed by atoms with E-state index in [0.29, 0.717) is 11.3 Å². The van der Waals surface area contributed by atoms with Gasteiger partial charge in [-0.25, -0.2) is 4.98 Å². The Bertz CT molecular complexity index is 322. The van der Waals surface area contributed by atoms with Crippen molar-refractivity contribution in [2.75, 3.05) is 18.0 Å². The van der Waals surface area contributed by atoms with Gasteiger partial charge >= 0.3 is 0 Å². The van der Waals surface area contributed by atoms with Crippen molar-refractivity contribution in [2.24, 2.45) is 5.41 Å². The Hall–Kier alpha value is -0.280. The normalized spacial score (nSPS) is 20.4. The number of nitrogens with zero attached hydrogens (tertiary/aromatic N) is 2. The third kappa shape index (κ3) is 2.04. The van der Waals surface area contributed by atoms with Gasteiger partial charge in [-0.15, -0.1) is 22.9 Å². The molecule has 0 bridgehead atoms. The Morgan fingerprint density at radius 3 is 2.93 bits per heavy atom. The first kappa shape index (κ1) is 10.2. The first-order valence-electron chi connectivity index (χ1n) is 4.86. The molecule has 2 nitrogen and oxygen atoms in total. The minimum atomic E-state index is 0.437. The molecule has 14 heavy (non-hydrogen) atoms. The SMILES string of the molecule is CC1(C)CCN(c2ncc(CCl)s2)C1. The quantitative estimate of drug-likeness (QED) is 0.726. The Balaban J connectivity index is 2.09. The van der Waals surface area contributed by atoms with Crippen LogP contribution in [0.5, 0.6) is 0 Å². The maximum absolute atomic E-state index is 5.75. The Labute approximate surface area is 93.9 Å². The van der Waals surface area contributed by atoms with Gasteiger partial charge in [-0.05, 0) is 11.8 Å². The van der Waals surface area contributed by atoms with Crippen LogP contribution in [0, 0.1) is 5.41 Å². The molecule has 0 N–H and O–H groups in total. The molecule has 0 unspecified atom stereocenters. The summed E-state index contributed by atoms with van der Waals surface area (Å²) in [5, 5.41) is 1.13. The predicted molar refractivity (Wildman–Crippen MR) is 62.3 cm³/mol. The minimum Gasteiger partial charge on any atom is -0.348 e. The molecule has 4 heteroatoms. The molecule has 2 rings (SSSR count). The van der Waals surface area contributed by atoms with E-state index in [1.165, 1.54) is 6.42 Å². The van der Waals surface area contributed by atoms with Gasteiger partial charge in [-0.1, -0.05) is 13.8 Å². The second-order valence-corrected chi connectivity index (χ2v) is 5.94. The number of hydrogen-bond acceptors (Lipinski definition) is 3. The van der Waals surface area contributed by atoms with Gasteiger partial charge in [-0.3, -0.25) is 0 Å². The van der Waals surface area contributed by atoms with E-state index >= 15 is 0 Å². The van der Waals surface area contributed by atoms with Crippen LogP contribution in [-0.4, -0.2) is 18.1 Å². The molecule has 0 saturated carbocycles. The molecule has 1 aliphatic rings. The van der Waals surface area contributed by atoms with Crippen molar-refractivity contribution in [1.29, 1.82) is 0 Å². The van der Waals surface area contributed by atoms with Gasteiger partial charge in [0, 0.05) is 24.2 Å². The molecular weight excluding hydrogens is 216 g/mol. The Morgan fingerprint density at radius 1 is 1.64 bits per heavy atom. The number of alkyl halides is 1. The highest BCUT2D eigenvalue weighted by molar-refractivity contribution is 7.15. The zero-order chi connectivity index (χ0) is 10.2. The molecule has 2 heterocycles. The van der Waals surface area contributed by atoms with Crippen molar-refractivity contribution < 1.29 is 0 Å². The van der Waals surface area contributed by atoms with Gasteiger partial charge in [0.2, 0.25) is 0 Å². The third-order valence-electron chi connectivity index (χ3n) is 2.62. The molecule has 1 fully saturated rings. The van der Waals surface area contributed by atoms with Crippen LogP contribution in [0.15, 0.2) is 6.20 Å². The van der Waals surface area contributed by atoms with Crippen LogP contribution in [0.3, 0.4) is 0 Å². The second kappa shape index (κ2) is 3.70. The highest BCUT2D eigenvalue weighted by atomic mass is 35.5. The molecule has 0 amide bonds. The molecule has 0 aromatic carbocycles. The van der Waals surface area contributed by atoms with Crippen molar-refractivity contribution >= 4 is 28.1 Å². The highest BCUT2D eigenvalue weighted by Crippen LogP contribution is 2.34. The lowest BCUT2D eigenvalue weighted by molar-refractivity contribution is 0.418. The summed E-state index contributed by atoms with van der Waals surface area (Å²) < 4.78 is 0. The fraction of sp³-hybridized carbons (Fsp3) is 0.700. The number of rotatable bonds is 2.